The number of nitrogens with one attached hydrogen (secondary N) is 1. The molecule has 0 radical (unpaired) electrons. The molecule has 4 aliphatic rings. The van der Waals surface area contributed by atoms with Gasteiger partial charge in [0.2, 0.25) is 10.0 Å². The van der Waals surface area contributed by atoms with Gasteiger partial charge in [0.15, 0.2) is 0 Å². The Kier molecular flexibility index (Phi) is 8.16. The Morgan fingerprint density at radius 1 is 1.00 bits per heavy atom. The van der Waals surface area contributed by atoms with E-state index in [1.807, 2.05) is 0 Å². The zero-order valence-electron chi connectivity index (χ0n) is 24.1. The van der Waals surface area contributed by atoms with Gasteiger partial charge in [-0.1, -0.05) is 20.8 Å². The summed E-state index contributed by atoms with van der Waals surface area (Å²) in [6, 6.07) is 4.17. The van der Waals surface area contributed by atoms with E-state index in [9.17, 15) is 31.2 Å². The molecule has 228 valence electrons. The van der Waals surface area contributed by atoms with E-state index in [2.05, 4.69) is 30.2 Å². The van der Waals surface area contributed by atoms with Crippen LogP contribution in [0.4, 0.5) is 13.2 Å². The number of benzene rings is 1. The van der Waals surface area contributed by atoms with Gasteiger partial charge in [0.1, 0.15) is 17.3 Å². The number of carbonyl (C=O) groups excluding carboxylic acids is 2. The molecule has 0 spiro atoms. The molecule has 4 aliphatic carbocycles. The molecule has 41 heavy (non-hydrogen) atoms. The van der Waals surface area contributed by atoms with Crippen molar-refractivity contribution in [1.29, 1.82) is 0 Å². The molecule has 1 aromatic carbocycles. The van der Waals surface area contributed by atoms with Gasteiger partial charge >= 0.3 is 6.36 Å². The monoisotopic (exact) mass is 597 g/mol. The van der Waals surface area contributed by atoms with Crippen LogP contribution in [0.15, 0.2) is 29.2 Å². The van der Waals surface area contributed by atoms with E-state index in [4.69, 9.17) is 0 Å². The van der Waals surface area contributed by atoms with Crippen LogP contribution in [0.2, 0.25) is 0 Å². The summed E-state index contributed by atoms with van der Waals surface area (Å²) in [5, 5.41) is 0. The lowest BCUT2D eigenvalue weighted by molar-refractivity contribution is -0.274. The summed E-state index contributed by atoms with van der Waals surface area (Å²) in [4.78, 5) is 25.6. The highest BCUT2D eigenvalue weighted by molar-refractivity contribution is 7.89. The average Bonchev–Trinajstić information content (AvgIpc) is 3.24. The van der Waals surface area contributed by atoms with Gasteiger partial charge in [0.25, 0.3) is 0 Å². The Bertz CT molecular complexity index is 1270. The Hall–Kier alpha value is -1.94. The predicted octanol–water partition coefficient (Wildman–Crippen LogP) is 6.69. The summed E-state index contributed by atoms with van der Waals surface area (Å²) >= 11 is 0. The Balaban J connectivity index is 1.16. The van der Waals surface area contributed by atoms with Crippen LogP contribution in [0.5, 0.6) is 5.75 Å². The van der Waals surface area contributed by atoms with Gasteiger partial charge in [-0.2, -0.15) is 0 Å². The van der Waals surface area contributed by atoms with Gasteiger partial charge in [0, 0.05) is 31.7 Å². The number of Topliss-reactive ketones (excluding diaryl/α,β-unsaturated/α-hetero) is 2. The first-order valence-electron chi connectivity index (χ1n) is 15.0. The highest BCUT2D eigenvalue weighted by Crippen LogP contribution is 2.67. The van der Waals surface area contributed by atoms with Crippen LogP contribution >= 0.6 is 0 Å². The number of ether oxygens (including phenoxy) is 1. The van der Waals surface area contributed by atoms with Crippen LogP contribution in [0.1, 0.15) is 85.0 Å². The van der Waals surface area contributed by atoms with Gasteiger partial charge < -0.3 is 4.74 Å². The second kappa shape index (κ2) is 11.0. The van der Waals surface area contributed by atoms with Crippen molar-refractivity contribution >= 4 is 21.6 Å². The third kappa shape index (κ3) is 5.84. The summed E-state index contributed by atoms with van der Waals surface area (Å²) in [6.07, 6.45) is 3.59. The van der Waals surface area contributed by atoms with Crippen molar-refractivity contribution in [3.05, 3.63) is 24.3 Å². The van der Waals surface area contributed by atoms with E-state index in [1.54, 1.807) is 0 Å². The molecule has 0 bridgehead atoms. The maximum atomic E-state index is 13.6. The number of hydrogen-bond donors (Lipinski definition) is 1. The highest BCUT2D eigenvalue weighted by Gasteiger charge is 2.63. The van der Waals surface area contributed by atoms with Crippen LogP contribution in [0, 0.1) is 46.3 Å². The van der Waals surface area contributed by atoms with E-state index in [0.29, 0.717) is 60.9 Å². The number of fused-ring (bicyclic) bond motifs is 5. The predicted molar refractivity (Wildman–Crippen MR) is 147 cm³/mol. The minimum atomic E-state index is -4.84. The Labute approximate surface area is 241 Å². The molecule has 0 amide bonds. The van der Waals surface area contributed by atoms with Crippen molar-refractivity contribution in [2.75, 3.05) is 6.54 Å². The standard InChI is InChI=1S/C31H42F3NO5S/c1-19(5-4-16-35-41(38,39)23-8-6-22(7-9-23)40-31(32,33)34)24-10-11-25-28-26(13-15-30(24,25)3)29(2)14-12-21(36)17-20(29)18-27(28)37/h6-9,19-20,24-26,28,35H,4-5,10-18H2,1-3H3/t19-,20+,24-,25+,26+,28+,29+,30-/m1/s1. The number of alkyl halides is 3. The van der Waals surface area contributed by atoms with Crippen LogP contribution in [-0.4, -0.2) is 32.9 Å². The quantitative estimate of drug-likeness (QED) is 0.338. The first-order chi connectivity index (χ1) is 19.1. The molecule has 0 heterocycles. The lowest BCUT2D eigenvalue weighted by Crippen LogP contribution is -2.57. The van der Waals surface area contributed by atoms with Crippen molar-refractivity contribution in [2.24, 2.45) is 46.3 Å². The first-order valence-corrected chi connectivity index (χ1v) is 16.5. The normalized spacial score (nSPS) is 36.3. The molecule has 4 saturated carbocycles. The van der Waals surface area contributed by atoms with E-state index in [0.717, 1.165) is 62.8 Å². The van der Waals surface area contributed by atoms with Crippen LogP contribution in [-0.2, 0) is 19.6 Å². The summed E-state index contributed by atoms with van der Waals surface area (Å²) in [5.74, 6) is 2.11. The van der Waals surface area contributed by atoms with E-state index in [-0.39, 0.29) is 34.1 Å². The number of carbonyl (C=O) groups is 2. The van der Waals surface area contributed by atoms with Crippen LogP contribution < -0.4 is 9.46 Å². The summed E-state index contributed by atoms with van der Waals surface area (Å²) < 4.78 is 68.8. The molecule has 6 nitrogen and oxygen atoms in total. The number of halogens is 3. The van der Waals surface area contributed by atoms with Gasteiger partial charge in [-0.3, -0.25) is 9.59 Å². The molecule has 4 fully saturated rings. The Morgan fingerprint density at radius 2 is 1.68 bits per heavy atom. The minimum absolute atomic E-state index is 0.0837. The lowest BCUT2D eigenvalue weighted by Gasteiger charge is -2.59. The molecule has 0 saturated heterocycles. The van der Waals surface area contributed by atoms with Crippen LogP contribution in [0.25, 0.3) is 0 Å². The average molecular weight is 598 g/mol. The third-order valence-corrected chi connectivity index (χ3v) is 13.0. The largest absolute Gasteiger partial charge is 0.573 e. The van der Waals surface area contributed by atoms with E-state index in [1.165, 1.54) is 0 Å². The number of rotatable bonds is 8. The van der Waals surface area contributed by atoms with Crippen molar-refractivity contribution in [2.45, 2.75) is 96.2 Å². The maximum absolute atomic E-state index is 13.6. The third-order valence-electron chi connectivity index (χ3n) is 11.5. The SMILES string of the molecule is C[C@H](CCCNS(=O)(=O)c1ccc(OC(F)(F)F)cc1)[C@H]1CC[C@H]2[C@@H]3C(=O)C[C@@H]4CC(=O)CC[C@]4(C)[C@H]3CC[C@]12C. The molecule has 0 aliphatic heterocycles. The first kappa shape index (κ1) is 30.5. The second-order valence-corrected chi connectivity index (χ2v) is 15.4. The fourth-order valence-corrected chi connectivity index (χ4v) is 10.5. The van der Waals surface area contributed by atoms with Crippen molar-refractivity contribution in [3.63, 3.8) is 0 Å². The number of hydrogen-bond acceptors (Lipinski definition) is 5. The van der Waals surface area contributed by atoms with Crippen molar-refractivity contribution in [3.8, 4) is 5.75 Å². The minimum Gasteiger partial charge on any atom is -0.406 e. The van der Waals surface area contributed by atoms with E-state index < -0.39 is 22.1 Å². The van der Waals surface area contributed by atoms with Gasteiger partial charge in [-0.25, -0.2) is 13.1 Å². The molecule has 1 aromatic rings. The van der Waals surface area contributed by atoms with Crippen molar-refractivity contribution in [1.82, 2.24) is 4.72 Å². The second-order valence-electron chi connectivity index (χ2n) is 13.6. The van der Waals surface area contributed by atoms with Crippen LogP contribution in [0.3, 0.4) is 0 Å². The van der Waals surface area contributed by atoms with Gasteiger partial charge in [-0.15, -0.1) is 13.2 Å². The molecule has 8 atom stereocenters. The topological polar surface area (TPSA) is 89.5 Å². The molecule has 10 heteroatoms. The lowest BCUT2D eigenvalue weighted by atomic mass is 9.44. The van der Waals surface area contributed by atoms with Gasteiger partial charge in [-0.05, 0) is 110 Å². The fourth-order valence-electron chi connectivity index (χ4n) is 9.43. The molecule has 0 aromatic heterocycles. The highest BCUT2D eigenvalue weighted by atomic mass is 32.2. The maximum Gasteiger partial charge on any atom is 0.573 e. The fraction of sp³-hybridized carbons (Fsp3) is 0.742. The number of ketones is 2. The van der Waals surface area contributed by atoms with Crippen molar-refractivity contribution < 1.29 is 35.9 Å². The Morgan fingerprint density at radius 3 is 2.37 bits per heavy atom. The summed E-state index contributed by atoms with van der Waals surface area (Å²) in [6.45, 7) is 7.20. The van der Waals surface area contributed by atoms with E-state index >= 15 is 0 Å². The zero-order valence-corrected chi connectivity index (χ0v) is 25.0. The summed E-state index contributed by atoms with van der Waals surface area (Å²) in [7, 11) is -3.85. The molecular formula is C31H42F3NO5S. The number of sulfonamides is 1. The molecule has 1 N–H and O–H groups in total. The molecule has 0 unspecified atom stereocenters. The summed E-state index contributed by atoms with van der Waals surface area (Å²) in [5.41, 5.74) is 0.171. The molecular weight excluding hydrogens is 555 g/mol. The zero-order chi connectivity index (χ0) is 29.8. The molecule has 5 rings (SSSR count). The van der Waals surface area contributed by atoms with Gasteiger partial charge in [0.05, 0.1) is 4.90 Å². The smallest absolute Gasteiger partial charge is 0.406 e.